The van der Waals surface area contributed by atoms with Crippen LogP contribution in [0.2, 0.25) is 0 Å². The molecule has 6 heteroatoms. The topological polar surface area (TPSA) is 50.2 Å². The number of carbonyl (C=O) groups excluding carboxylic acids is 1. The highest BCUT2D eigenvalue weighted by molar-refractivity contribution is 5.92. The average Bonchev–Trinajstić information content (AvgIpc) is 3.00. The maximum atomic E-state index is 13.6. The lowest BCUT2D eigenvalue weighted by Gasteiger charge is -2.24. The monoisotopic (exact) mass is 406 g/mol. The Morgan fingerprint density at radius 2 is 1.90 bits per heavy atom. The normalized spacial score (nSPS) is 12.5. The summed E-state index contributed by atoms with van der Waals surface area (Å²) in [5.74, 6) is -0.489. The summed E-state index contributed by atoms with van der Waals surface area (Å²) in [7, 11) is 3.81. The van der Waals surface area contributed by atoms with Gasteiger partial charge >= 0.3 is 0 Å². The number of para-hydroxylation sites is 1. The van der Waals surface area contributed by atoms with E-state index in [1.54, 1.807) is 12.1 Å². The van der Waals surface area contributed by atoms with Crippen LogP contribution in [0.3, 0.4) is 0 Å². The van der Waals surface area contributed by atoms with Crippen molar-refractivity contribution >= 4 is 12.0 Å². The number of hydrogen-bond donors (Lipinski definition) is 1. The highest BCUT2D eigenvalue weighted by Crippen LogP contribution is 2.20. The Bertz CT molecular complexity index is 1040. The number of aryl methyl sites for hydroxylation is 1. The van der Waals surface area contributed by atoms with Crippen molar-refractivity contribution in [2.24, 2.45) is 0 Å². The maximum Gasteiger partial charge on any atom is 0.244 e. The van der Waals surface area contributed by atoms with Crippen LogP contribution in [0.25, 0.3) is 11.8 Å². The van der Waals surface area contributed by atoms with Gasteiger partial charge in [0.25, 0.3) is 0 Å². The molecule has 0 fully saturated rings. The molecule has 0 aliphatic heterocycles. The Morgan fingerprint density at radius 3 is 2.57 bits per heavy atom. The van der Waals surface area contributed by atoms with Gasteiger partial charge in [-0.2, -0.15) is 5.10 Å². The van der Waals surface area contributed by atoms with Gasteiger partial charge in [0.15, 0.2) is 0 Å². The quantitative estimate of drug-likeness (QED) is 0.602. The van der Waals surface area contributed by atoms with Gasteiger partial charge in [0.05, 0.1) is 17.4 Å². The SMILES string of the molecule is Cc1nn(-c2ccccc2)c(C)c1/C=C/C(=O)NCC(c1cccc(F)c1)N(C)C. The smallest absolute Gasteiger partial charge is 0.244 e. The first kappa shape index (κ1) is 21.5. The number of aromatic nitrogens is 2. The van der Waals surface area contributed by atoms with Crippen LogP contribution in [0, 0.1) is 19.7 Å². The minimum Gasteiger partial charge on any atom is -0.351 e. The van der Waals surface area contributed by atoms with Crippen LogP contribution in [0.15, 0.2) is 60.7 Å². The molecule has 3 rings (SSSR count). The zero-order valence-electron chi connectivity index (χ0n) is 17.8. The molecule has 0 aliphatic carbocycles. The van der Waals surface area contributed by atoms with E-state index in [0.29, 0.717) is 6.54 Å². The second-order valence-corrected chi connectivity index (χ2v) is 7.44. The van der Waals surface area contributed by atoms with Crippen LogP contribution in [-0.2, 0) is 4.79 Å². The number of amides is 1. The Labute approximate surface area is 176 Å². The number of hydrogen-bond acceptors (Lipinski definition) is 3. The molecule has 2 aromatic carbocycles. The maximum absolute atomic E-state index is 13.6. The molecule has 156 valence electrons. The second-order valence-electron chi connectivity index (χ2n) is 7.44. The van der Waals surface area contributed by atoms with E-state index in [1.165, 1.54) is 18.2 Å². The lowest BCUT2D eigenvalue weighted by Crippen LogP contribution is -2.33. The summed E-state index contributed by atoms with van der Waals surface area (Å²) in [5, 5.41) is 7.51. The first-order chi connectivity index (χ1) is 14.4. The van der Waals surface area contributed by atoms with Gasteiger partial charge in [-0.05, 0) is 63.8 Å². The molecule has 5 nitrogen and oxygen atoms in total. The fourth-order valence-electron chi connectivity index (χ4n) is 3.44. The van der Waals surface area contributed by atoms with Gasteiger partial charge < -0.3 is 10.2 Å². The molecule has 3 aromatic rings. The number of benzene rings is 2. The summed E-state index contributed by atoms with van der Waals surface area (Å²) in [6.45, 7) is 4.29. The lowest BCUT2D eigenvalue weighted by molar-refractivity contribution is -0.116. The van der Waals surface area contributed by atoms with Crippen LogP contribution in [0.4, 0.5) is 4.39 Å². The van der Waals surface area contributed by atoms with Crippen LogP contribution < -0.4 is 5.32 Å². The summed E-state index contributed by atoms with van der Waals surface area (Å²) < 4.78 is 15.4. The molecule has 1 amide bonds. The molecule has 30 heavy (non-hydrogen) atoms. The summed E-state index contributed by atoms with van der Waals surface area (Å²) >= 11 is 0. The third kappa shape index (κ3) is 5.02. The molecule has 0 saturated heterocycles. The fraction of sp³-hybridized carbons (Fsp3) is 0.250. The first-order valence-electron chi connectivity index (χ1n) is 9.86. The standard InChI is InChI=1S/C24H27FN4O/c1-17-22(18(2)29(27-17)21-11-6-5-7-12-21)13-14-24(30)26-16-23(28(3)4)19-9-8-10-20(25)15-19/h5-15,23H,16H2,1-4H3,(H,26,30)/b14-13+. The molecule has 1 aromatic heterocycles. The Morgan fingerprint density at radius 1 is 1.17 bits per heavy atom. The van der Waals surface area contributed by atoms with E-state index in [0.717, 1.165) is 28.2 Å². The van der Waals surface area contributed by atoms with E-state index < -0.39 is 0 Å². The van der Waals surface area contributed by atoms with E-state index in [2.05, 4.69) is 10.4 Å². The average molecular weight is 407 g/mol. The number of rotatable bonds is 7. The molecule has 1 N–H and O–H groups in total. The van der Waals surface area contributed by atoms with E-state index in [4.69, 9.17) is 0 Å². The molecular formula is C24H27FN4O. The minimum absolute atomic E-state index is 0.123. The molecule has 0 radical (unpaired) electrons. The van der Waals surface area contributed by atoms with Gasteiger partial charge in [0, 0.05) is 23.9 Å². The van der Waals surface area contributed by atoms with Gasteiger partial charge in [-0.25, -0.2) is 9.07 Å². The number of likely N-dealkylation sites (N-methyl/N-ethyl adjacent to an activating group) is 1. The summed E-state index contributed by atoms with van der Waals surface area (Å²) in [6, 6.07) is 16.2. The Hall–Kier alpha value is -3.25. The molecule has 1 unspecified atom stereocenters. The van der Waals surface area contributed by atoms with E-state index in [1.807, 2.05) is 73.9 Å². The van der Waals surface area contributed by atoms with Gasteiger partial charge in [-0.3, -0.25) is 4.79 Å². The van der Waals surface area contributed by atoms with Crippen molar-refractivity contribution in [2.75, 3.05) is 20.6 Å². The van der Waals surface area contributed by atoms with Crippen molar-refractivity contribution in [1.82, 2.24) is 20.0 Å². The van der Waals surface area contributed by atoms with Gasteiger partial charge in [0.1, 0.15) is 5.82 Å². The van der Waals surface area contributed by atoms with E-state index >= 15 is 0 Å². The first-order valence-corrected chi connectivity index (χ1v) is 9.86. The summed E-state index contributed by atoms with van der Waals surface area (Å²) in [4.78, 5) is 14.4. The van der Waals surface area contributed by atoms with Crippen molar-refractivity contribution in [3.63, 3.8) is 0 Å². The third-order valence-corrected chi connectivity index (χ3v) is 5.08. The zero-order valence-corrected chi connectivity index (χ0v) is 17.8. The minimum atomic E-state index is -0.285. The lowest BCUT2D eigenvalue weighted by atomic mass is 10.1. The number of halogens is 1. The van der Waals surface area contributed by atoms with Crippen LogP contribution in [0.1, 0.15) is 28.6 Å². The fourth-order valence-corrected chi connectivity index (χ4v) is 3.44. The van der Waals surface area contributed by atoms with Crippen molar-refractivity contribution in [2.45, 2.75) is 19.9 Å². The summed E-state index contributed by atoms with van der Waals surface area (Å²) in [5.41, 5.74) is 4.54. The molecule has 0 aliphatic rings. The predicted molar refractivity (Wildman–Crippen MR) is 118 cm³/mol. The Kier molecular flexibility index (Phi) is 6.79. The van der Waals surface area contributed by atoms with Crippen molar-refractivity contribution in [3.8, 4) is 5.69 Å². The van der Waals surface area contributed by atoms with Gasteiger partial charge in [-0.1, -0.05) is 30.3 Å². The largest absolute Gasteiger partial charge is 0.351 e. The number of carbonyl (C=O) groups is 1. The summed E-state index contributed by atoms with van der Waals surface area (Å²) in [6.07, 6.45) is 3.31. The van der Waals surface area contributed by atoms with Gasteiger partial charge in [-0.15, -0.1) is 0 Å². The van der Waals surface area contributed by atoms with Crippen LogP contribution in [0.5, 0.6) is 0 Å². The zero-order chi connectivity index (χ0) is 21.7. The molecule has 1 atom stereocenters. The number of nitrogens with one attached hydrogen (secondary N) is 1. The molecule has 0 bridgehead atoms. The second kappa shape index (κ2) is 9.50. The van der Waals surface area contributed by atoms with Crippen molar-refractivity contribution in [1.29, 1.82) is 0 Å². The highest BCUT2D eigenvalue weighted by atomic mass is 19.1. The molecular weight excluding hydrogens is 379 g/mol. The van der Waals surface area contributed by atoms with Crippen LogP contribution >= 0.6 is 0 Å². The third-order valence-electron chi connectivity index (χ3n) is 5.08. The van der Waals surface area contributed by atoms with Crippen molar-refractivity contribution < 1.29 is 9.18 Å². The van der Waals surface area contributed by atoms with E-state index in [9.17, 15) is 9.18 Å². The molecule has 0 spiro atoms. The predicted octanol–water partition coefficient (Wildman–Crippen LogP) is 4.06. The van der Waals surface area contributed by atoms with Crippen LogP contribution in [-0.4, -0.2) is 41.2 Å². The van der Waals surface area contributed by atoms with Crippen molar-refractivity contribution in [3.05, 3.63) is 89.0 Å². The molecule has 0 saturated carbocycles. The molecule has 1 heterocycles. The highest BCUT2D eigenvalue weighted by Gasteiger charge is 2.16. The number of nitrogens with zero attached hydrogens (tertiary/aromatic N) is 3. The van der Waals surface area contributed by atoms with E-state index in [-0.39, 0.29) is 17.8 Å². The Balaban J connectivity index is 1.69. The van der Waals surface area contributed by atoms with Gasteiger partial charge in [0.2, 0.25) is 5.91 Å².